The monoisotopic (exact) mass is 263 g/mol. The Morgan fingerprint density at radius 2 is 2.37 bits per heavy atom. The summed E-state index contributed by atoms with van der Waals surface area (Å²) in [5, 5.41) is 3.36. The van der Waals surface area contributed by atoms with Crippen molar-refractivity contribution in [3.8, 4) is 0 Å². The molecule has 0 radical (unpaired) electrons. The Morgan fingerprint density at radius 1 is 1.58 bits per heavy atom. The van der Waals surface area contributed by atoms with Crippen LogP contribution in [0.2, 0.25) is 0 Å². The second-order valence-electron chi connectivity index (χ2n) is 5.04. The lowest BCUT2D eigenvalue weighted by atomic mass is 10.1. The van der Waals surface area contributed by atoms with Gasteiger partial charge in [-0.25, -0.2) is 9.78 Å². The molecule has 0 saturated heterocycles. The SMILES string of the molecule is CCOC(=O)c1cc(N)cnc1NC1CCCC1C. The van der Waals surface area contributed by atoms with E-state index in [0.717, 1.165) is 6.42 Å². The summed E-state index contributed by atoms with van der Waals surface area (Å²) in [6.45, 7) is 4.34. The molecule has 1 aromatic rings. The van der Waals surface area contributed by atoms with Crippen molar-refractivity contribution in [2.75, 3.05) is 17.7 Å². The maximum absolute atomic E-state index is 11.9. The molecule has 1 fully saturated rings. The molecule has 5 nitrogen and oxygen atoms in total. The number of ether oxygens (including phenoxy) is 1. The van der Waals surface area contributed by atoms with Crippen molar-refractivity contribution < 1.29 is 9.53 Å². The summed E-state index contributed by atoms with van der Waals surface area (Å²) >= 11 is 0. The maximum atomic E-state index is 11.9. The summed E-state index contributed by atoms with van der Waals surface area (Å²) in [5.41, 5.74) is 6.58. The summed E-state index contributed by atoms with van der Waals surface area (Å²) in [4.78, 5) is 16.2. The fourth-order valence-corrected chi connectivity index (χ4v) is 2.50. The molecule has 0 bridgehead atoms. The lowest BCUT2D eigenvalue weighted by Crippen LogP contribution is -2.24. The average Bonchev–Trinajstić information content (AvgIpc) is 2.77. The van der Waals surface area contributed by atoms with E-state index in [9.17, 15) is 4.79 Å². The number of nitrogens with zero attached hydrogens (tertiary/aromatic N) is 1. The van der Waals surface area contributed by atoms with E-state index >= 15 is 0 Å². The molecule has 1 aliphatic carbocycles. The van der Waals surface area contributed by atoms with E-state index in [-0.39, 0.29) is 5.97 Å². The van der Waals surface area contributed by atoms with Crippen LogP contribution < -0.4 is 11.1 Å². The van der Waals surface area contributed by atoms with Gasteiger partial charge in [0.25, 0.3) is 0 Å². The topological polar surface area (TPSA) is 77.2 Å². The Kier molecular flexibility index (Phi) is 4.24. The van der Waals surface area contributed by atoms with Crippen LogP contribution in [0.15, 0.2) is 12.3 Å². The zero-order valence-electron chi connectivity index (χ0n) is 11.5. The van der Waals surface area contributed by atoms with Crippen molar-refractivity contribution in [2.24, 2.45) is 5.92 Å². The standard InChI is InChI=1S/C14H21N3O2/c1-3-19-14(18)11-7-10(15)8-16-13(11)17-12-6-4-5-9(12)2/h7-9,12H,3-6,15H2,1-2H3,(H,16,17). The highest BCUT2D eigenvalue weighted by molar-refractivity contribution is 5.95. The van der Waals surface area contributed by atoms with E-state index in [0.29, 0.717) is 35.6 Å². The Labute approximate surface area is 113 Å². The van der Waals surface area contributed by atoms with Gasteiger partial charge in [-0.2, -0.15) is 0 Å². The predicted octanol–water partition coefficient (Wildman–Crippen LogP) is 2.44. The van der Waals surface area contributed by atoms with E-state index in [1.165, 1.54) is 12.8 Å². The van der Waals surface area contributed by atoms with E-state index in [2.05, 4.69) is 17.2 Å². The normalized spacial score (nSPS) is 22.2. The molecule has 2 unspecified atom stereocenters. The van der Waals surface area contributed by atoms with Gasteiger partial charge in [-0.1, -0.05) is 13.3 Å². The number of esters is 1. The smallest absolute Gasteiger partial charge is 0.341 e. The second kappa shape index (κ2) is 5.91. The third-order valence-electron chi connectivity index (χ3n) is 3.59. The summed E-state index contributed by atoms with van der Waals surface area (Å²) < 4.78 is 5.04. The largest absolute Gasteiger partial charge is 0.462 e. The molecule has 0 spiro atoms. The van der Waals surface area contributed by atoms with Gasteiger partial charge in [-0.15, -0.1) is 0 Å². The van der Waals surface area contributed by atoms with Crippen molar-refractivity contribution >= 4 is 17.5 Å². The first kappa shape index (κ1) is 13.6. The van der Waals surface area contributed by atoms with Gasteiger partial charge in [-0.3, -0.25) is 0 Å². The number of carbonyl (C=O) groups excluding carboxylic acids is 1. The van der Waals surface area contributed by atoms with Gasteiger partial charge in [-0.05, 0) is 31.7 Å². The van der Waals surface area contributed by atoms with Gasteiger partial charge in [0, 0.05) is 6.04 Å². The number of anilines is 2. The first-order valence-electron chi connectivity index (χ1n) is 6.81. The van der Waals surface area contributed by atoms with Gasteiger partial charge < -0.3 is 15.8 Å². The van der Waals surface area contributed by atoms with E-state index in [1.807, 2.05) is 0 Å². The lowest BCUT2D eigenvalue weighted by Gasteiger charge is -2.19. The number of aromatic nitrogens is 1. The number of nitrogen functional groups attached to an aromatic ring is 1. The average molecular weight is 263 g/mol. The third-order valence-corrected chi connectivity index (χ3v) is 3.59. The van der Waals surface area contributed by atoms with Crippen LogP contribution in [0, 0.1) is 5.92 Å². The molecule has 1 heterocycles. The number of pyridine rings is 1. The molecule has 1 aliphatic rings. The minimum atomic E-state index is -0.379. The minimum Gasteiger partial charge on any atom is -0.462 e. The summed E-state index contributed by atoms with van der Waals surface area (Å²) in [7, 11) is 0. The molecular weight excluding hydrogens is 242 g/mol. The molecule has 3 N–H and O–H groups in total. The van der Waals surface area contributed by atoms with E-state index in [1.54, 1.807) is 19.2 Å². The van der Waals surface area contributed by atoms with Crippen LogP contribution in [0.5, 0.6) is 0 Å². The molecule has 5 heteroatoms. The summed E-state index contributed by atoms with van der Waals surface area (Å²) in [5.74, 6) is 0.788. The highest BCUT2D eigenvalue weighted by Crippen LogP contribution is 2.29. The first-order chi connectivity index (χ1) is 9.11. The van der Waals surface area contributed by atoms with Gasteiger partial charge in [0.15, 0.2) is 0 Å². The Balaban J connectivity index is 2.21. The Morgan fingerprint density at radius 3 is 3.00 bits per heavy atom. The highest BCUT2D eigenvalue weighted by atomic mass is 16.5. The summed E-state index contributed by atoms with van der Waals surface area (Å²) in [6, 6.07) is 1.98. The van der Waals surface area contributed by atoms with Crippen LogP contribution >= 0.6 is 0 Å². The van der Waals surface area contributed by atoms with Gasteiger partial charge in [0.2, 0.25) is 0 Å². The van der Waals surface area contributed by atoms with Crippen molar-refractivity contribution in [3.63, 3.8) is 0 Å². The van der Waals surface area contributed by atoms with Gasteiger partial charge in [0.05, 0.1) is 18.5 Å². The number of nitrogens with one attached hydrogen (secondary N) is 1. The van der Waals surface area contributed by atoms with Crippen molar-refractivity contribution in [2.45, 2.75) is 39.2 Å². The maximum Gasteiger partial charge on any atom is 0.341 e. The van der Waals surface area contributed by atoms with Crippen LogP contribution in [-0.2, 0) is 4.74 Å². The quantitative estimate of drug-likeness (QED) is 0.816. The van der Waals surface area contributed by atoms with Crippen LogP contribution in [-0.4, -0.2) is 23.6 Å². The van der Waals surface area contributed by atoms with Crippen molar-refractivity contribution in [1.29, 1.82) is 0 Å². The van der Waals surface area contributed by atoms with Crippen molar-refractivity contribution in [3.05, 3.63) is 17.8 Å². The molecule has 1 aromatic heterocycles. The molecule has 0 amide bonds. The zero-order chi connectivity index (χ0) is 13.8. The number of carbonyl (C=O) groups is 1. The fraction of sp³-hybridized carbons (Fsp3) is 0.571. The molecule has 104 valence electrons. The number of rotatable bonds is 4. The predicted molar refractivity (Wildman–Crippen MR) is 75.0 cm³/mol. The lowest BCUT2D eigenvalue weighted by molar-refractivity contribution is 0.0527. The van der Waals surface area contributed by atoms with Crippen LogP contribution in [0.25, 0.3) is 0 Å². The number of nitrogens with two attached hydrogens (primary N) is 1. The van der Waals surface area contributed by atoms with E-state index < -0.39 is 0 Å². The molecule has 2 rings (SSSR count). The molecular formula is C14H21N3O2. The number of hydrogen-bond donors (Lipinski definition) is 2. The second-order valence-corrected chi connectivity index (χ2v) is 5.04. The molecule has 19 heavy (non-hydrogen) atoms. The Bertz CT molecular complexity index is 462. The molecule has 2 atom stereocenters. The minimum absolute atomic E-state index is 0.340. The summed E-state index contributed by atoms with van der Waals surface area (Å²) in [6.07, 6.45) is 5.09. The molecule has 1 saturated carbocycles. The van der Waals surface area contributed by atoms with Gasteiger partial charge in [0.1, 0.15) is 11.4 Å². The third kappa shape index (κ3) is 3.16. The fourth-order valence-electron chi connectivity index (χ4n) is 2.50. The van der Waals surface area contributed by atoms with Crippen molar-refractivity contribution in [1.82, 2.24) is 4.98 Å². The van der Waals surface area contributed by atoms with Crippen LogP contribution in [0.3, 0.4) is 0 Å². The van der Waals surface area contributed by atoms with Crippen LogP contribution in [0.4, 0.5) is 11.5 Å². The number of hydrogen-bond acceptors (Lipinski definition) is 5. The van der Waals surface area contributed by atoms with Crippen LogP contribution in [0.1, 0.15) is 43.5 Å². The zero-order valence-corrected chi connectivity index (χ0v) is 11.5. The molecule has 0 aromatic carbocycles. The van der Waals surface area contributed by atoms with E-state index in [4.69, 9.17) is 10.5 Å². The van der Waals surface area contributed by atoms with Gasteiger partial charge >= 0.3 is 5.97 Å². The Hall–Kier alpha value is -1.78. The highest BCUT2D eigenvalue weighted by Gasteiger charge is 2.25. The molecule has 0 aliphatic heterocycles. The first-order valence-corrected chi connectivity index (χ1v) is 6.81.